The maximum absolute atomic E-state index is 11.8. The van der Waals surface area contributed by atoms with Crippen LogP contribution in [0.2, 0.25) is 0 Å². The molecule has 0 saturated carbocycles. The van der Waals surface area contributed by atoms with Gasteiger partial charge in [-0.2, -0.15) is 0 Å². The van der Waals surface area contributed by atoms with Crippen LogP contribution in [0.15, 0.2) is 18.2 Å². The normalized spacial score (nSPS) is 11.1. The number of anilines is 1. The molecule has 0 unspecified atom stereocenters. The summed E-state index contributed by atoms with van der Waals surface area (Å²) in [5, 5.41) is 14.4. The van der Waals surface area contributed by atoms with Crippen molar-refractivity contribution in [2.24, 2.45) is 5.41 Å². The van der Waals surface area contributed by atoms with Crippen LogP contribution < -0.4 is 10.6 Å². The zero-order valence-corrected chi connectivity index (χ0v) is 13.1. The Morgan fingerprint density at radius 3 is 2.43 bits per heavy atom. The van der Waals surface area contributed by atoms with Crippen LogP contribution in [0.5, 0.6) is 0 Å². The van der Waals surface area contributed by atoms with Gasteiger partial charge in [-0.1, -0.05) is 32.9 Å². The lowest BCUT2D eigenvalue weighted by Gasteiger charge is -2.17. The predicted molar refractivity (Wildman–Crippen MR) is 82.8 cm³/mol. The first-order valence-corrected chi connectivity index (χ1v) is 6.98. The summed E-state index contributed by atoms with van der Waals surface area (Å²) in [6.45, 7) is 7.64. The van der Waals surface area contributed by atoms with Crippen molar-refractivity contribution in [3.05, 3.63) is 29.3 Å². The summed E-state index contributed by atoms with van der Waals surface area (Å²) in [6, 6.07) is 5.36. The Balaban J connectivity index is 2.53. The molecule has 2 amide bonds. The third-order valence-corrected chi connectivity index (χ3v) is 2.90. The fraction of sp³-hybridized carbons (Fsp3) is 0.500. The number of aryl methyl sites for hydroxylation is 1. The maximum Gasteiger partial charge on any atom is 0.243 e. The minimum absolute atomic E-state index is 0.0578. The first kappa shape index (κ1) is 17.2. The van der Waals surface area contributed by atoms with Gasteiger partial charge in [0.15, 0.2) is 0 Å². The average Bonchev–Trinajstić information content (AvgIpc) is 2.37. The van der Waals surface area contributed by atoms with Crippen molar-refractivity contribution >= 4 is 17.5 Å². The van der Waals surface area contributed by atoms with E-state index in [2.05, 4.69) is 10.6 Å². The first-order valence-electron chi connectivity index (χ1n) is 6.98. The highest BCUT2D eigenvalue weighted by atomic mass is 16.3. The number of hydrogen-bond acceptors (Lipinski definition) is 3. The summed E-state index contributed by atoms with van der Waals surface area (Å²) in [6.07, 6.45) is 0.374. The number of rotatable bonds is 5. The highest BCUT2D eigenvalue weighted by molar-refractivity contribution is 5.95. The smallest absolute Gasteiger partial charge is 0.243 e. The lowest BCUT2D eigenvalue weighted by atomic mass is 9.92. The molecule has 1 rings (SSSR count). The Kier molecular flexibility index (Phi) is 5.90. The second-order valence-corrected chi connectivity index (χ2v) is 6.37. The van der Waals surface area contributed by atoms with Crippen LogP contribution in [0, 0.1) is 12.3 Å². The molecule has 0 aliphatic rings. The van der Waals surface area contributed by atoms with Crippen molar-refractivity contribution in [1.29, 1.82) is 0 Å². The van der Waals surface area contributed by atoms with Gasteiger partial charge in [-0.3, -0.25) is 9.59 Å². The molecule has 0 spiro atoms. The molecule has 0 aliphatic carbocycles. The van der Waals surface area contributed by atoms with Crippen molar-refractivity contribution in [3.63, 3.8) is 0 Å². The van der Waals surface area contributed by atoms with E-state index in [0.29, 0.717) is 12.1 Å². The van der Waals surface area contributed by atoms with Gasteiger partial charge in [-0.15, -0.1) is 0 Å². The van der Waals surface area contributed by atoms with Gasteiger partial charge < -0.3 is 15.7 Å². The molecule has 21 heavy (non-hydrogen) atoms. The van der Waals surface area contributed by atoms with Crippen molar-refractivity contribution < 1.29 is 14.7 Å². The third kappa shape index (κ3) is 6.40. The molecule has 0 radical (unpaired) electrons. The van der Waals surface area contributed by atoms with Crippen LogP contribution in [0.25, 0.3) is 0 Å². The van der Waals surface area contributed by atoms with Gasteiger partial charge in [0, 0.05) is 12.1 Å². The molecule has 0 atom stereocenters. The lowest BCUT2D eigenvalue weighted by molar-refractivity contribution is -0.125. The third-order valence-electron chi connectivity index (χ3n) is 2.90. The molecule has 1 aromatic carbocycles. The van der Waals surface area contributed by atoms with Crippen LogP contribution in [0.1, 0.15) is 38.3 Å². The van der Waals surface area contributed by atoms with Crippen molar-refractivity contribution in [2.75, 3.05) is 11.9 Å². The van der Waals surface area contributed by atoms with Crippen LogP contribution in [-0.2, 0) is 16.2 Å². The molecular weight excluding hydrogens is 268 g/mol. The number of hydrogen-bond donors (Lipinski definition) is 3. The van der Waals surface area contributed by atoms with Gasteiger partial charge in [0.25, 0.3) is 0 Å². The highest BCUT2D eigenvalue weighted by Gasteiger charge is 2.16. The molecule has 0 heterocycles. The van der Waals surface area contributed by atoms with Crippen molar-refractivity contribution in [1.82, 2.24) is 5.32 Å². The maximum atomic E-state index is 11.8. The second-order valence-electron chi connectivity index (χ2n) is 6.37. The molecule has 0 aliphatic heterocycles. The highest BCUT2D eigenvalue weighted by Crippen LogP contribution is 2.18. The minimum atomic E-state index is -0.282. The molecule has 3 N–H and O–H groups in total. The van der Waals surface area contributed by atoms with E-state index in [0.717, 1.165) is 11.1 Å². The first-order chi connectivity index (χ1) is 9.71. The van der Waals surface area contributed by atoms with Gasteiger partial charge in [0.1, 0.15) is 0 Å². The van der Waals surface area contributed by atoms with Gasteiger partial charge in [0.2, 0.25) is 11.8 Å². The van der Waals surface area contributed by atoms with Crippen LogP contribution >= 0.6 is 0 Å². The van der Waals surface area contributed by atoms with Crippen LogP contribution in [0.3, 0.4) is 0 Å². The zero-order chi connectivity index (χ0) is 16.0. The monoisotopic (exact) mass is 292 g/mol. The van der Waals surface area contributed by atoms with E-state index in [9.17, 15) is 9.59 Å². The molecule has 1 aromatic rings. The van der Waals surface area contributed by atoms with E-state index in [-0.39, 0.29) is 30.4 Å². The lowest BCUT2D eigenvalue weighted by Crippen LogP contribution is -2.34. The van der Waals surface area contributed by atoms with Gasteiger partial charge >= 0.3 is 0 Å². The fourth-order valence-corrected chi connectivity index (χ4v) is 1.82. The molecule has 116 valence electrons. The van der Waals surface area contributed by atoms with Gasteiger partial charge in [-0.05, 0) is 29.5 Å². The van der Waals surface area contributed by atoms with Gasteiger partial charge in [0.05, 0.1) is 13.2 Å². The van der Waals surface area contributed by atoms with E-state index in [1.165, 1.54) is 0 Å². The number of aliphatic hydroxyl groups is 1. The molecular formula is C16H24N2O3. The summed E-state index contributed by atoms with van der Waals surface area (Å²) >= 11 is 0. The van der Waals surface area contributed by atoms with Crippen molar-refractivity contribution in [3.8, 4) is 0 Å². The standard InChI is InChI=1S/C16H24N2O3/c1-11-5-6-12(10-19)7-13(11)18-15(21)9-17-14(20)8-16(2,3)4/h5-7,19H,8-10H2,1-4H3,(H,17,20)(H,18,21). The summed E-state index contributed by atoms with van der Waals surface area (Å²) in [4.78, 5) is 23.5. The Hall–Kier alpha value is -1.88. The number of benzene rings is 1. The topological polar surface area (TPSA) is 78.4 Å². The summed E-state index contributed by atoms with van der Waals surface area (Å²) < 4.78 is 0. The van der Waals surface area contributed by atoms with Crippen molar-refractivity contribution in [2.45, 2.75) is 40.7 Å². The SMILES string of the molecule is Cc1ccc(CO)cc1NC(=O)CNC(=O)CC(C)(C)C. The fourth-order valence-electron chi connectivity index (χ4n) is 1.82. The van der Waals surface area contributed by atoms with E-state index >= 15 is 0 Å². The Morgan fingerprint density at radius 2 is 1.86 bits per heavy atom. The zero-order valence-electron chi connectivity index (χ0n) is 13.1. The quantitative estimate of drug-likeness (QED) is 0.776. The molecule has 5 heteroatoms. The number of carbonyl (C=O) groups is 2. The summed E-state index contributed by atoms with van der Waals surface area (Å²) in [7, 11) is 0. The Morgan fingerprint density at radius 1 is 1.19 bits per heavy atom. The Bertz CT molecular complexity index is 519. The predicted octanol–water partition coefficient (Wildman–Crippen LogP) is 1.98. The molecule has 0 fully saturated rings. The van der Waals surface area contributed by atoms with E-state index in [4.69, 9.17) is 5.11 Å². The molecule has 0 aromatic heterocycles. The summed E-state index contributed by atoms with van der Waals surface area (Å²) in [5.74, 6) is -0.422. The summed E-state index contributed by atoms with van der Waals surface area (Å²) in [5.41, 5.74) is 2.18. The molecule has 5 nitrogen and oxygen atoms in total. The number of amides is 2. The van der Waals surface area contributed by atoms with Crippen LogP contribution in [-0.4, -0.2) is 23.5 Å². The van der Waals surface area contributed by atoms with E-state index in [1.54, 1.807) is 12.1 Å². The van der Waals surface area contributed by atoms with Crippen LogP contribution in [0.4, 0.5) is 5.69 Å². The van der Waals surface area contributed by atoms with Gasteiger partial charge in [-0.25, -0.2) is 0 Å². The number of aliphatic hydroxyl groups excluding tert-OH is 1. The van der Waals surface area contributed by atoms with E-state index in [1.807, 2.05) is 33.8 Å². The average molecular weight is 292 g/mol. The molecule has 0 saturated heterocycles. The Labute approximate surface area is 125 Å². The molecule has 0 bridgehead atoms. The number of carbonyl (C=O) groups excluding carboxylic acids is 2. The minimum Gasteiger partial charge on any atom is -0.392 e. The number of nitrogens with one attached hydrogen (secondary N) is 2. The van der Waals surface area contributed by atoms with E-state index < -0.39 is 0 Å². The second kappa shape index (κ2) is 7.22. The largest absolute Gasteiger partial charge is 0.392 e.